The maximum absolute atomic E-state index is 5.33. The third-order valence-corrected chi connectivity index (χ3v) is 2.66. The highest BCUT2D eigenvalue weighted by Crippen LogP contribution is 2.33. The molecule has 17 heavy (non-hydrogen) atoms. The highest BCUT2D eigenvalue weighted by molar-refractivity contribution is 5.53. The maximum atomic E-state index is 5.33. The Bertz CT molecular complexity index is 532. The van der Waals surface area contributed by atoms with Gasteiger partial charge in [-0.15, -0.1) is 0 Å². The van der Waals surface area contributed by atoms with Crippen molar-refractivity contribution in [1.29, 1.82) is 0 Å². The number of hydrogen-bond acceptors (Lipinski definition) is 3. The predicted molar refractivity (Wildman–Crippen MR) is 66.1 cm³/mol. The second kappa shape index (κ2) is 4.49. The quantitative estimate of drug-likeness (QED) is 0.815. The van der Waals surface area contributed by atoms with E-state index in [0.29, 0.717) is 0 Å². The number of methoxy groups -OCH3 is 2. The standard InChI is InChI=1S/C13H16N2O2/c1-9-5-11(15-7-10(2)14-8-15)6-12(16-3)13(9)17-4/h5-8H,1-4H3. The van der Waals surface area contributed by atoms with Gasteiger partial charge in [-0.25, -0.2) is 4.98 Å². The smallest absolute Gasteiger partial charge is 0.163 e. The number of nitrogens with zero attached hydrogens (tertiary/aromatic N) is 2. The summed E-state index contributed by atoms with van der Waals surface area (Å²) in [6.45, 7) is 3.96. The summed E-state index contributed by atoms with van der Waals surface area (Å²) in [5.74, 6) is 1.50. The first-order valence-electron chi connectivity index (χ1n) is 5.39. The summed E-state index contributed by atoms with van der Waals surface area (Å²) < 4.78 is 12.6. The van der Waals surface area contributed by atoms with Gasteiger partial charge in [-0.05, 0) is 25.5 Å². The van der Waals surface area contributed by atoms with Crippen molar-refractivity contribution in [1.82, 2.24) is 9.55 Å². The molecule has 0 aliphatic carbocycles. The third-order valence-electron chi connectivity index (χ3n) is 2.66. The minimum Gasteiger partial charge on any atom is -0.493 e. The Hall–Kier alpha value is -1.97. The second-order valence-corrected chi connectivity index (χ2v) is 3.92. The fourth-order valence-corrected chi connectivity index (χ4v) is 1.85. The highest BCUT2D eigenvalue weighted by atomic mass is 16.5. The van der Waals surface area contributed by atoms with Crippen molar-refractivity contribution in [3.8, 4) is 17.2 Å². The van der Waals surface area contributed by atoms with Crippen molar-refractivity contribution in [2.24, 2.45) is 0 Å². The molecule has 0 saturated heterocycles. The monoisotopic (exact) mass is 232 g/mol. The molecule has 4 heteroatoms. The number of hydrogen-bond donors (Lipinski definition) is 0. The Morgan fingerprint density at radius 3 is 2.41 bits per heavy atom. The van der Waals surface area contributed by atoms with Gasteiger partial charge in [0.2, 0.25) is 0 Å². The zero-order chi connectivity index (χ0) is 12.4. The topological polar surface area (TPSA) is 36.3 Å². The van der Waals surface area contributed by atoms with Crippen LogP contribution in [0.1, 0.15) is 11.3 Å². The molecule has 0 aliphatic heterocycles. The molecule has 1 heterocycles. The highest BCUT2D eigenvalue weighted by Gasteiger charge is 2.10. The molecule has 0 radical (unpaired) electrons. The fraction of sp³-hybridized carbons (Fsp3) is 0.308. The summed E-state index contributed by atoms with van der Waals surface area (Å²) in [4.78, 5) is 4.21. The normalized spacial score (nSPS) is 10.4. The van der Waals surface area contributed by atoms with Crippen LogP contribution in [0.25, 0.3) is 5.69 Å². The van der Waals surface area contributed by atoms with Gasteiger partial charge in [0.15, 0.2) is 11.5 Å². The van der Waals surface area contributed by atoms with Gasteiger partial charge in [0, 0.05) is 12.3 Å². The molecule has 90 valence electrons. The van der Waals surface area contributed by atoms with E-state index in [9.17, 15) is 0 Å². The molecule has 0 saturated carbocycles. The molecule has 2 aromatic rings. The number of imidazole rings is 1. The van der Waals surface area contributed by atoms with Crippen molar-refractivity contribution in [3.05, 3.63) is 35.9 Å². The summed E-state index contributed by atoms with van der Waals surface area (Å²) >= 11 is 0. The summed E-state index contributed by atoms with van der Waals surface area (Å²) in [6.07, 6.45) is 3.76. The van der Waals surface area contributed by atoms with Gasteiger partial charge in [-0.2, -0.15) is 0 Å². The first kappa shape index (κ1) is 11.5. The van der Waals surface area contributed by atoms with Crippen LogP contribution in [0, 0.1) is 13.8 Å². The second-order valence-electron chi connectivity index (χ2n) is 3.92. The Morgan fingerprint density at radius 2 is 1.88 bits per heavy atom. The van der Waals surface area contributed by atoms with E-state index in [2.05, 4.69) is 4.98 Å². The van der Waals surface area contributed by atoms with Gasteiger partial charge >= 0.3 is 0 Å². The average Bonchev–Trinajstić information content (AvgIpc) is 2.74. The summed E-state index contributed by atoms with van der Waals surface area (Å²) in [5.41, 5.74) is 3.03. The Balaban J connectivity index is 2.53. The van der Waals surface area contributed by atoms with Crippen molar-refractivity contribution in [3.63, 3.8) is 0 Å². The van der Waals surface area contributed by atoms with Crippen molar-refractivity contribution >= 4 is 0 Å². The summed E-state index contributed by atoms with van der Waals surface area (Å²) in [5, 5.41) is 0. The molecule has 0 bridgehead atoms. The van der Waals surface area contributed by atoms with Crippen LogP contribution in [-0.4, -0.2) is 23.8 Å². The van der Waals surface area contributed by atoms with E-state index in [-0.39, 0.29) is 0 Å². The van der Waals surface area contributed by atoms with Gasteiger partial charge in [0.05, 0.1) is 31.9 Å². The summed E-state index contributed by atoms with van der Waals surface area (Å²) in [7, 11) is 3.28. The van der Waals surface area contributed by atoms with E-state index < -0.39 is 0 Å². The molecule has 0 amide bonds. The Labute approximate surface area is 101 Å². The number of rotatable bonds is 3. The van der Waals surface area contributed by atoms with Gasteiger partial charge in [-0.1, -0.05) is 0 Å². The lowest BCUT2D eigenvalue weighted by Gasteiger charge is -2.13. The molecule has 0 fully saturated rings. The number of benzene rings is 1. The molecule has 4 nitrogen and oxygen atoms in total. The molecule has 1 aromatic carbocycles. The molecule has 0 aliphatic rings. The molecule has 1 aromatic heterocycles. The molecule has 0 unspecified atom stereocenters. The van der Waals surface area contributed by atoms with E-state index in [4.69, 9.17) is 9.47 Å². The molecule has 2 rings (SSSR count). The van der Waals surface area contributed by atoms with Crippen LogP contribution in [0.15, 0.2) is 24.7 Å². The number of aryl methyl sites for hydroxylation is 2. The molecular formula is C13H16N2O2. The molecule has 0 spiro atoms. The van der Waals surface area contributed by atoms with Crippen LogP contribution in [0.2, 0.25) is 0 Å². The van der Waals surface area contributed by atoms with E-state index in [1.165, 1.54) is 0 Å². The first-order valence-corrected chi connectivity index (χ1v) is 5.39. The van der Waals surface area contributed by atoms with Crippen LogP contribution in [0.5, 0.6) is 11.5 Å². The molecule has 0 N–H and O–H groups in total. The number of ether oxygens (including phenoxy) is 2. The van der Waals surface area contributed by atoms with Crippen molar-refractivity contribution in [2.75, 3.05) is 14.2 Å². The van der Waals surface area contributed by atoms with Crippen LogP contribution in [-0.2, 0) is 0 Å². The lowest BCUT2D eigenvalue weighted by atomic mass is 10.2. The van der Waals surface area contributed by atoms with Gasteiger partial charge < -0.3 is 14.0 Å². The van der Waals surface area contributed by atoms with Gasteiger partial charge in [0.25, 0.3) is 0 Å². The molecule has 0 atom stereocenters. The third kappa shape index (κ3) is 2.11. The van der Waals surface area contributed by atoms with Gasteiger partial charge in [-0.3, -0.25) is 0 Å². The van der Waals surface area contributed by atoms with E-state index in [1.807, 2.05) is 36.7 Å². The number of aromatic nitrogens is 2. The van der Waals surface area contributed by atoms with Crippen LogP contribution in [0.4, 0.5) is 0 Å². The van der Waals surface area contributed by atoms with Crippen LogP contribution < -0.4 is 9.47 Å². The van der Waals surface area contributed by atoms with E-state index >= 15 is 0 Å². The zero-order valence-corrected chi connectivity index (χ0v) is 10.5. The van der Waals surface area contributed by atoms with Crippen molar-refractivity contribution < 1.29 is 9.47 Å². The average molecular weight is 232 g/mol. The SMILES string of the molecule is COc1cc(-n2cnc(C)c2)cc(C)c1OC. The Morgan fingerprint density at radius 1 is 1.12 bits per heavy atom. The van der Waals surface area contributed by atoms with Gasteiger partial charge in [0.1, 0.15) is 0 Å². The van der Waals surface area contributed by atoms with Crippen LogP contribution in [0.3, 0.4) is 0 Å². The van der Waals surface area contributed by atoms with Crippen LogP contribution >= 0.6 is 0 Å². The minimum atomic E-state index is 0.730. The predicted octanol–water partition coefficient (Wildman–Crippen LogP) is 2.51. The van der Waals surface area contributed by atoms with Crippen molar-refractivity contribution in [2.45, 2.75) is 13.8 Å². The fourth-order valence-electron chi connectivity index (χ4n) is 1.85. The minimum absolute atomic E-state index is 0.730. The Kier molecular flexibility index (Phi) is 3.04. The lowest BCUT2D eigenvalue weighted by Crippen LogP contribution is -1.97. The molecular weight excluding hydrogens is 216 g/mol. The largest absolute Gasteiger partial charge is 0.493 e. The first-order chi connectivity index (χ1) is 8.15. The van der Waals surface area contributed by atoms with E-state index in [0.717, 1.165) is 28.4 Å². The van der Waals surface area contributed by atoms with E-state index in [1.54, 1.807) is 20.5 Å². The zero-order valence-electron chi connectivity index (χ0n) is 10.5. The maximum Gasteiger partial charge on any atom is 0.163 e. The lowest BCUT2D eigenvalue weighted by molar-refractivity contribution is 0.353. The summed E-state index contributed by atoms with van der Waals surface area (Å²) in [6, 6.07) is 3.98.